The zero-order valence-electron chi connectivity index (χ0n) is 10.1. The van der Waals surface area contributed by atoms with Crippen molar-refractivity contribution in [1.29, 1.82) is 0 Å². The molecule has 0 aromatic carbocycles. The third-order valence-electron chi connectivity index (χ3n) is 2.73. The van der Waals surface area contributed by atoms with Crippen molar-refractivity contribution in [2.24, 2.45) is 5.92 Å². The molecule has 1 fully saturated rings. The van der Waals surface area contributed by atoms with Crippen LogP contribution in [0.1, 0.15) is 40.0 Å². The summed E-state index contributed by atoms with van der Waals surface area (Å²) in [6.07, 6.45) is 4.23. The summed E-state index contributed by atoms with van der Waals surface area (Å²) in [6, 6.07) is 0.624. The molecule has 0 aromatic heterocycles. The summed E-state index contributed by atoms with van der Waals surface area (Å²) in [7, 11) is 0. The molecule has 0 atom stereocenters. The molecule has 84 valence electrons. The van der Waals surface area contributed by atoms with E-state index in [1.165, 1.54) is 38.9 Å². The minimum atomic E-state index is 0.624. The van der Waals surface area contributed by atoms with E-state index in [0.29, 0.717) is 6.04 Å². The topological polar surface area (TPSA) is 15.3 Å². The van der Waals surface area contributed by atoms with E-state index < -0.39 is 0 Å². The van der Waals surface area contributed by atoms with Crippen LogP contribution in [-0.4, -0.2) is 37.1 Å². The van der Waals surface area contributed by atoms with Crippen LogP contribution in [0.15, 0.2) is 0 Å². The summed E-state index contributed by atoms with van der Waals surface area (Å²) in [6.45, 7) is 11.7. The summed E-state index contributed by atoms with van der Waals surface area (Å²) in [5, 5.41) is 3.49. The number of nitrogens with one attached hydrogen (secondary N) is 1. The van der Waals surface area contributed by atoms with Crippen molar-refractivity contribution in [3.8, 4) is 0 Å². The van der Waals surface area contributed by atoms with Gasteiger partial charge in [0.25, 0.3) is 0 Å². The van der Waals surface area contributed by atoms with Crippen molar-refractivity contribution in [3.05, 3.63) is 0 Å². The minimum Gasteiger partial charge on any atom is -0.313 e. The lowest BCUT2D eigenvalue weighted by Gasteiger charge is -2.22. The van der Waals surface area contributed by atoms with Crippen LogP contribution in [0.5, 0.6) is 0 Å². The van der Waals surface area contributed by atoms with Gasteiger partial charge < -0.3 is 10.2 Å². The van der Waals surface area contributed by atoms with Crippen molar-refractivity contribution in [2.45, 2.75) is 46.1 Å². The molecule has 0 heterocycles. The molecule has 0 bridgehead atoms. The zero-order chi connectivity index (χ0) is 10.4. The molecule has 1 N–H and O–H groups in total. The van der Waals surface area contributed by atoms with Gasteiger partial charge in [-0.1, -0.05) is 20.8 Å². The molecular weight excluding hydrogens is 172 g/mol. The summed E-state index contributed by atoms with van der Waals surface area (Å²) >= 11 is 0. The van der Waals surface area contributed by atoms with Crippen molar-refractivity contribution >= 4 is 0 Å². The second-order valence-electron chi connectivity index (χ2n) is 4.85. The van der Waals surface area contributed by atoms with Crippen LogP contribution in [0, 0.1) is 5.92 Å². The molecule has 0 amide bonds. The number of rotatable bonds is 8. The Kier molecular flexibility index (Phi) is 5.49. The van der Waals surface area contributed by atoms with E-state index in [1.54, 1.807) is 0 Å². The van der Waals surface area contributed by atoms with E-state index in [1.807, 2.05) is 0 Å². The summed E-state index contributed by atoms with van der Waals surface area (Å²) in [4.78, 5) is 2.62. The van der Waals surface area contributed by atoms with Gasteiger partial charge in [0.05, 0.1) is 0 Å². The first kappa shape index (κ1) is 12.0. The lowest BCUT2D eigenvalue weighted by Crippen LogP contribution is -2.36. The highest BCUT2D eigenvalue weighted by Gasteiger charge is 2.23. The fourth-order valence-corrected chi connectivity index (χ4v) is 1.79. The normalized spacial score (nSPS) is 16.9. The smallest absolute Gasteiger partial charge is 0.0107 e. The van der Waals surface area contributed by atoms with E-state index in [4.69, 9.17) is 0 Å². The molecule has 0 saturated heterocycles. The highest BCUT2D eigenvalue weighted by Crippen LogP contribution is 2.29. The van der Waals surface area contributed by atoms with Crippen molar-refractivity contribution in [3.63, 3.8) is 0 Å². The molecular formula is C12H26N2. The van der Waals surface area contributed by atoms with E-state index in [9.17, 15) is 0 Å². The Bertz CT molecular complexity index is 141. The third kappa shape index (κ3) is 5.61. The highest BCUT2D eigenvalue weighted by atomic mass is 15.1. The second kappa shape index (κ2) is 6.41. The standard InChI is InChI=1S/C12H26N2/c1-4-8-14(10-12-5-6-12)9-7-13-11(2)3/h11-13H,4-10H2,1-3H3. The van der Waals surface area contributed by atoms with Gasteiger partial charge in [0.15, 0.2) is 0 Å². The zero-order valence-corrected chi connectivity index (χ0v) is 10.1. The Hall–Kier alpha value is -0.0800. The molecule has 0 aliphatic heterocycles. The first-order valence-corrected chi connectivity index (χ1v) is 6.18. The Morgan fingerprint density at radius 3 is 2.50 bits per heavy atom. The predicted molar refractivity (Wildman–Crippen MR) is 62.6 cm³/mol. The molecule has 1 saturated carbocycles. The van der Waals surface area contributed by atoms with Crippen LogP contribution < -0.4 is 5.32 Å². The van der Waals surface area contributed by atoms with Gasteiger partial charge in [-0.15, -0.1) is 0 Å². The van der Waals surface area contributed by atoms with Crippen molar-refractivity contribution in [1.82, 2.24) is 10.2 Å². The Morgan fingerprint density at radius 2 is 2.00 bits per heavy atom. The van der Waals surface area contributed by atoms with Gasteiger partial charge in [-0.2, -0.15) is 0 Å². The average molecular weight is 198 g/mol. The molecule has 0 unspecified atom stereocenters. The maximum Gasteiger partial charge on any atom is 0.0107 e. The summed E-state index contributed by atoms with van der Waals surface area (Å²) < 4.78 is 0. The maximum absolute atomic E-state index is 3.49. The van der Waals surface area contributed by atoms with Crippen LogP contribution in [0.25, 0.3) is 0 Å². The SMILES string of the molecule is CCCN(CCNC(C)C)CC1CC1. The third-order valence-corrected chi connectivity index (χ3v) is 2.73. The maximum atomic E-state index is 3.49. The second-order valence-corrected chi connectivity index (χ2v) is 4.85. The van der Waals surface area contributed by atoms with E-state index in [-0.39, 0.29) is 0 Å². The Labute approximate surface area is 89.1 Å². The number of nitrogens with zero attached hydrogens (tertiary/aromatic N) is 1. The van der Waals surface area contributed by atoms with Crippen LogP contribution in [-0.2, 0) is 0 Å². The largest absolute Gasteiger partial charge is 0.313 e. The number of hydrogen-bond acceptors (Lipinski definition) is 2. The van der Waals surface area contributed by atoms with E-state index in [2.05, 4.69) is 31.0 Å². The summed E-state index contributed by atoms with van der Waals surface area (Å²) in [5.74, 6) is 1.03. The molecule has 0 aromatic rings. The van der Waals surface area contributed by atoms with Crippen molar-refractivity contribution < 1.29 is 0 Å². The Morgan fingerprint density at radius 1 is 1.29 bits per heavy atom. The molecule has 14 heavy (non-hydrogen) atoms. The Balaban J connectivity index is 2.06. The van der Waals surface area contributed by atoms with Gasteiger partial charge >= 0.3 is 0 Å². The first-order valence-electron chi connectivity index (χ1n) is 6.18. The van der Waals surface area contributed by atoms with Gasteiger partial charge in [-0.25, -0.2) is 0 Å². The molecule has 0 spiro atoms. The highest BCUT2D eigenvalue weighted by molar-refractivity contribution is 4.77. The predicted octanol–water partition coefficient (Wildman–Crippen LogP) is 2.11. The lowest BCUT2D eigenvalue weighted by atomic mass is 10.3. The fraction of sp³-hybridized carbons (Fsp3) is 1.00. The van der Waals surface area contributed by atoms with Crippen LogP contribution in [0.3, 0.4) is 0 Å². The molecule has 0 radical (unpaired) electrons. The molecule has 2 nitrogen and oxygen atoms in total. The van der Waals surface area contributed by atoms with Gasteiger partial charge in [-0.05, 0) is 31.7 Å². The van der Waals surface area contributed by atoms with Gasteiger partial charge in [0.1, 0.15) is 0 Å². The van der Waals surface area contributed by atoms with Gasteiger partial charge in [0, 0.05) is 25.7 Å². The monoisotopic (exact) mass is 198 g/mol. The molecule has 1 aliphatic rings. The fourth-order valence-electron chi connectivity index (χ4n) is 1.79. The molecule has 2 heteroatoms. The van der Waals surface area contributed by atoms with Crippen LogP contribution in [0.2, 0.25) is 0 Å². The van der Waals surface area contributed by atoms with E-state index in [0.717, 1.165) is 12.5 Å². The van der Waals surface area contributed by atoms with Crippen molar-refractivity contribution in [2.75, 3.05) is 26.2 Å². The first-order chi connectivity index (χ1) is 6.72. The lowest BCUT2D eigenvalue weighted by molar-refractivity contribution is 0.260. The minimum absolute atomic E-state index is 0.624. The van der Waals surface area contributed by atoms with Gasteiger partial charge in [-0.3, -0.25) is 0 Å². The number of hydrogen-bond donors (Lipinski definition) is 1. The summed E-state index contributed by atoms with van der Waals surface area (Å²) in [5.41, 5.74) is 0. The molecule has 1 rings (SSSR count). The van der Waals surface area contributed by atoms with Gasteiger partial charge in [0.2, 0.25) is 0 Å². The average Bonchev–Trinajstić information content (AvgIpc) is 2.88. The molecule has 1 aliphatic carbocycles. The quantitative estimate of drug-likeness (QED) is 0.642. The van der Waals surface area contributed by atoms with Crippen LogP contribution >= 0.6 is 0 Å². The van der Waals surface area contributed by atoms with E-state index >= 15 is 0 Å². The van der Waals surface area contributed by atoms with Crippen LogP contribution in [0.4, 0.5) is 0 Å².